The minimum absolute atomic E-state index is 0.0821. The smallest absolute Gasteiger partial charge is 0.253 e. The highest BCUT2D eigenvalue weighted by Crippen LogP contribution is 2.52. The second-order valence-corrected chi connectivity index (χ2v) is 9.37. The highest BCUT2D eigenvalue weighted by molar-refractivity contribution is 6.01. The fourth-order valence-electron chi connectivity index (χ4n) is 5.52. The van der Waals surface area contributed by atoms with Crippen molar-refractivity contribution in [3.63, 3.8) is 0 Å². The molecule has 2 aromatic heterocycles. The number of carbonyl (C=O) groups is 1. The Morgan fingerprint density at radius 3 is 2.97 bits per heavy atom. The standard InChI is InChI=1S/C25H24N4O2/c1-29-8-9-31-20-10-14(3-5-19(20)29)18-11-17-15(12-26-18)2-4-16-21-23(28-22(16)17)25(6-7-25)13-27-24(21)30/h3,5,10-12,28H,2,4,6-9,13H2,1H3,(H,27,30). The van der Waals surface area contributed by atoms with E-state index >= 15 is 0 Å². The molecule has 2 aliphatic heterocycles. The first kappa shape index (κ1) is 17.4. The lowest BCUT2D eigenvalue weighted by Gasteiger charge is -2.28. The van der Waals surface area contributed by atoms with E-state index < -0.39 is 0 Å². The maximum absolute atomic E-state index is 12.7. The average molecular weight is 412 g/mol. The van der Waals surface area contributed by atoms with Crippen LogP contribution in [-0.4, -0.2) is 42.6 Å². The monoisotopic (exact) mass is 412 g/mol. The quantitative estimate of drug-likeness (QED) is 0.642. The maximum Gasteiger partial charge on any atom is 0.253 e. The van der Waals surface area contributed by atoms with Gasteiger partial charge in [-0.2, -0.15) is 0 Å². The number of fused-ring (bicyclic) bond motifs is 7. The Balaban J connectivity index is 1.36. The summed E-state index contributed by atoms with van der Waals surface area (Å²) in [6, 6.07) is 8.51. The number of ether oxygens (including phenoxy) is 1. The predicted molar refractivity (Wildman–Crippen MR) is 119 cm³/mol. The third-order valence-electron chi connectivity index (χ3n) is 7.55. The molecule has 0 atom stereocenters. The SMILES string of the molecule is CN1CCOc2cc(-c3cc4c(cn3)CCc3c-4[nH]c4c3C(=O)NCC43CC3)ccc21. The van der Waals surface area contributed by atoms with Crippen LogP contribution in [0.2, 0.25) is 0 Å². The Labute approximate surface area is 180 Å². The molecule has 3 aromatic rings. The van der Waals surface area contributed by atoms with Crippen LogP contribution in [0.25, 0.3) is 22.5 Å². The molecule has 0 saturated heterocycles. The number of aromatic nitrogens is 2. The van der Waals surface area contributed by atoms with Crippen LogP contribution in [0.5, 0.6) is 5.75 Å². The number of pyridine rings is 1. The van der Waals surface area contributed by atoms with Crippen molar-refractivity contribution in [2.45, 2.75) is 31.1 Å². The predicted octanol–water partition coefficient (Wildman–Crippen LogP) is 3.45. The molecule has 6 nitrogen and oxygen atoms in total. The number of rotatable bonds is 1. The number of aryl methyl sites for hydroxylation is 1. The molecule has 4 aliphatic rings. The van der Waals surface area contributed by atoms with Gasteiger partial charge < -0.3 is 19.9 Å². The molecular weight excluding hydrogens is 388 g/mol. The van der Waals surface area contributed by atoms with Crippen LogP contribution in [0, 0.1) is 0 Å². The number of nitrogens with zero attached hydrogens (tertiary/aromatic N) is 2. The number of aromatic amines is 1. The number of H-pyrrole nitrogens is 1. The number of carbonyl (C=O) groups excluding carboxylic acids is 1. The lowest BCUT2D eigenvalue weighted by molar-refractivity contribution is 0.0936. The number of anilines is 1. The topological polar surface area (TPSA) is 70.2 Å². The van der Waals surface area contributed by atoms with Gasteiger partial charge in [0.2, 0.25) is 0 Å². The number of hydrogen-bond donors (Lipinski definition) is 2. The largest absolute Gasteiger partial charge is 0.490 e. The molecule has 31 heavy (non-hydrogen) atoms. The van der Waals surface area contributed by atoms with E-state index in [-0.39, 0.29) is 11.3 Å². The number of benzene rings is 1. The molecule has 156 valence electrons. The summed E-state index contributed by atoms with van der Waals surface area (Å²) < 4.78 is 5.90. The number of nitrogens with one attached hydrogen (secondary N) is 2. The molecule has 4 heterocycles. The van der Waals surface area contributed by atoms with Gasteiger partial charge in [0.05, 0.1) is 29.2 Å². The van der Waals surface area contributed by atoms with Crippen molar-refractivity contribution >= 4 is 11.6 Å². The van der Waals surface area contributed by atoms with Gasteiger partial charge in [0.25, 0.3) is 5.91 Å². The molecule has 0 radical (unpaired) electrons. The summed E-state index contributed by atoms with van der Waals surface area (Å²) in [6.45, 7) is 2.36. The third kappa shape index (κ3) is 2.39. The van der Waals surface area contributed by atoms with Crippen molar-refractivity contribution in [2.75, 3.05) is 31.6 Å². The molecule has 0 unspecified atom stereocenters. The van der Waals surface area contributed by atoms with Crippen LogP contribution >= 0.6 is 0 Å². The zero-order valence-electron chi connectivity index (χ0n) is 17.5. The molecule has 1 fully saturated rings. The Morgan fingerprint density at radius 1 is 1.19 bits per heavy atom. The van der Waals surface area contributed by atoms with Gasteiger partial charge in [-0.3, -0.25) is 9.78 Å². The van der Waals surface area contributed by atoms with Gasteiger partial charge in [-0.1, -0.05) is 6.07 Å². The van der Waals surface area contributed by atoms with Crippen molar-refractivity contribution in [3.05, 3.63) is 52.8 Å². The summed E-state index contributed by atoms with van der Waals surface area (Å²) in [5.74, 6) is 0.993. The van der Waals surface area contributed by atoms with Crippen LogP contribution in [0.4, 0.5) is 5.69 Å². The highest BCUT2D eigenvalue weighted by Gasteiger charge is 2.51. The first-order valence-corrected chi connectivity index (χ1v) is 11.1. The van der Waals surface area contributed by atoms with Crippen molar-refractivity contribution in [1.29, 1.82) is 0 Å². The van der Waals surface area contributed by atoms with Crippen molar-refractivity contribution in [1.82, 2.24) is 15.3 Å². The summed E-state index contributed by atoms with van der Waals surface area (Å²) in [5, 5.41) is 3.13. The first-order chi connectivity index (χ1) is 15.1. The zero-order chi connectivity index (χ0) is 20.7. The Hall–Kier alpha value is -3.28. The van der Waals surface area contributed by atoms with Crippen molar-refractivity contribution < 1.29 is 9.53 Å². The fraction of sp³-hybridized carbons (Fsp3) is 0.360. The van der Waals surface area contributed by atoms with Crippen LogP contribution in [0.3, 0.4) is 0 Å². The van der Waals surface area contributed by atoms with Gasteiger partial charge in [-0.05, 0) is 55.0 Å². The van der Waals surface area contributed by atoms with Gasteiger partial charge in [-0.15, -0.1) is 0 Å². The van der Waals surface area contributed by atoms with E-state index in [1.165, 1.54) is 16.7 Å². The Morgan fingerprint density at radius 2 is 2.10 bits per heavy atom. The van der Waals surface area contributed by atoms with Crippen LogP contribution in [0.15, 0.2) is 30.5 Å². The van der Waals surface area contributed by atoms with E-state index in [2.05, 4.69) is 46.5 Å². The summed E-state index contributed by atoms with van der Waals surface area (Å²) in [7, 11) is 2.09. The molecule has 0 bridgehead atoms. The molecule has 1 spiro atoms. The number of amides is 1. The Bertz CT molecular complexity index is 1270. The van der Waals surface area contributed by atoms with E-state index in [4.69, 9.17) is 9.72 Å². The normalized spacial score (nSPS) is 19.6. The second kappa shape index (κ2) is 5.90. The van der Waals surface area contributed by atoms with E-state index in [0.29, 0.717) is 6.61 Å². The number of likely N-dealkylation sites (N-methyl/N-ethyl adjacent to an activating group) is 1. The maximum atomic E-state index is 12.7. The van der Waals surface area contributed by atoms with Crippen LogP contribution in [0.1, 0.15) is 40.0 Å². The summed E-state index contributed by atoms with van der Waals surface area (Å²) in [6.07, 6.45) is 6.11. The molecule has 2 aliphatic carbocycles. The molecular formula is C25H24N4O2. The van der Waals surface area contributed by atoms with E-state index in [0.717, 1.165) is 78.4 Å². The van der Waals surface area contributed by atoms with Gasteiger partial charge in [0.15, 0.2) is 0 Å². The summed E-state index contributed by atoms with van der Waals surface area (Å²) in [4.78, 5) is 23.4. The van der Waals surface area contributed by atoms with Gasteiger partial charge in [0.1, 0.15) is 12.4 Å². The molecule has 7 rings (SSSR count). The van der Waals surface area contributed by atoms with E-state index in [1.807, 2.05) is 6.20 Å². The van der Waals surface area contributed by atoms with Crippen LogP contribution < -0.4 is 15.0 Å². The molecule has 6 heteroatoms. The minimum Gasteiger partial charge on any atom is -0.490 e. The second-order valence-electron chi connectivity index (χ2n) is 9.37. The molecule has 1 aromatic carbocycles. The summed E-state index contributed by atoms with van der Waals surface area (Å²) >= 11 is 0. The molecule has 1 amide bonds. The highest BCUT2D eigenvalue weighted by atomic mass is 16.5. The average Bonchev–Trinajstić information content (AvgIpc) is 3.46. The fourth-order valence-corrected chi connectivity index (χ4v) is 5.52. The third-order valence-corrected chi connectivity index (χ3v) is 7.55. The van der Waals surface area contributed by atoms with Crippen molar-refractivity contribution in [3.8, 4) is 28.3 Å². The Kier molecular flexibility index (Phi) is 3.31. The minimum atomic E-state index is 0.0821. The van der Waals surface area contributed by atoms with Crippen molar-refractivity contribution in [2.24, 2.45) is 0 Å². The van der Waals surface area contributed by atoms with Gasteiger partial charge >= 0.3 is 0 Å². The zero-order valence-corrected chi connectivity index (χ0v) is 17.5. The lowest BCUT2D eigenvalue weighted by atomic mass is 9.86. The molecule has 2 N–H and O–H groups in total. The molecule has 1 saturated carbocycles. The van der Waals surface area contributed by atoms with Gasteiger partial charge in [0, 0.05) is 42.0 Å². The van der Waals surface area contributed by atoms with Crippen LogP contribution in [-0.2, 0) is 18.3 Å². The van der Waals surface area contributed by atoms with E-state index in [9.17, 15) is 4.79 Å². The first-order valence-electron chi connectivity index (χ1n) is 11.1. The van der Waals surface area contributed by atoms with E-state index in [1.54, 1.807) is 0 Å². The number of hydrogen-bond acceptors (Lipinski definition) is 4. The summed E-state index contributed by atoms with van der Waals surface area (Å²) in [5.41, 5.74) is 10.0. The lowest BCUT2D eigenvalue weighted by Crippen LogP contribution is -2.39. The van der Waals surface area contributed by atoms with Gasteiger partial charge in [-0.25, -0.2) is 0 Å².